The van der Waals surface area contributed by atoms with Crippen molar-refractivity contribution in [3.63, 3.8) is 0 Å². The fourth-order valence-electron chi connectivity index (χ4n) is 1.73. The Morgan fingerprint density at radius 1 is 1.04 bits per heavy atom. The van der Waals surface area contributed by atoms with Crippen molar-refractivity contribution in [1.82, 2.24) is 0 Å². The summed E-state index contributed by atoms with van der Waals surface area (Å²) in [6, 6.07) is 11.6. The lowest BCUT2D eigenvalue weighted by molar-refractivity contribution is -0.384. The van der Waals surface area contributed by atoms with Crippen molar-refractivity contribution in [2.24, 2.45) is 0 Å². The number of benzene rings is 2. The standard InChI is InChI=1S/C15H10N4O4S/c16-9-24-13-6-4-10(5-7-13)17-14(20)15(21)18-11-2-1-3-12(8-11)19(22)23/h1-8H,(H,17,20)(H,18,21). The number of nitro groups is 1. The van der Waals surface area contributed by atoms with Crippen LogP contribution in [0.1, 0.15) is 0 Å². The van der Waals surface area contributed by atoms with Gasteiger partial charge in [0.25, 0.3) is 5.69 Å². The molecule has 120 valence electrons. The van der Waals surface area contributed by atoms with Crippen molar-refractivity contribution in [3.8, 4) is 5.40 Å². The van der Waals surface area contributed by atoms with Crippen LogP contribution in [0, 0.1) is 20.8 Å². The van der Waals surface area contributed by atoms with Gasteiger partial charge in [0.2, 0.25) is 0 Å². The van der Waals surface area contributed by atoms with Gasteiger partial charge in [-0.05, 0) is 42.1 Å². The maximum atomic E-state index is 11.8. The molecule has 0 aromatic heterocycles. The number of nitro benzene ring substituents is 1. The van der Waals surface area contributed by atoms with Crippen molar-refractivity contribution in [2.45, 2.75) is 4.90 Å². The number of hydrogen-bond acceptors (Lipinski definition) is 6. The van der Waals surface area contributed by atoms with E-state index in [1.807, 2.05) is 5.40 Å². The third-order valence-electron chi connectivity index (χ3n) is 2.80. The lowest BCUT2D eigenvalue weighted by Gasteiger charge is -2.06. The van der Waals surface area contributed by atoms with Gasteiger partial charge >= 0.3 is 11.8 Å². The second-order valence-corrected chi connectivity index (χ2v) is 5.29. The summed E-state index contributed by atoms with van der Waals surface area (Å²) in [5.41, 5.74) is 0.334. The summed E-state index contributed by atoms with van der Waals surface area (Å²) in [5.74, 6) is -1.87. The van der Waals surface area contributed by atoms with Gasteiger partial charge in [0, 0.05) is 28.4 Å². The molecule has 0 fully saturated rings. The Kier molecular flexibility index (Phi) is 5.49. The number of carbonyl (C=O) groups excluding carboxylic acids is 2. The number of anilines is 2. The lowest BCUT2D eigenvalue weighted by atomic mass is 10.2. The van der Waals surface area contributed by atoms with E-state index in [-0.39, 0.29) is 11.4 Å². The van der Waals surface area contributed by atoms with Crippen LogP contribution in [-0.4, -0.2) is 16.7 Å². The Labute approximate surface area is 140 Å². The molecule has 2 aromatic carbocycles. The molecule has 0 unspecified atom stereocenters. The van der Waals surface area contributed by atoms with E-state index in [1.54, 1.807) is 24.3 Å². The monoisotopic (exact) mass is 342 g/mol. The number of carbonyl (C=O) groups is 2. The predicted octanol–water partition coefficient (Wildman–Crippen LogP) is 2.75. The molecule has 2 N–H and O–H groups in total. The highest BCUT2D eigenvalue weighted by Crippen LogP contribution is 2.19. The molecule has 0 bridgehead atoms. The molecule has 24 heavy (non-hydrogen) atoms. The van der Waals surface area contributed by atoms with Gasteiger partial charge in [-0.3, -0.25) is 19.7 Å². The Hall–Kier alpha value is -3.38. The highest BCUT2D eigenvalue weighted by atomic mass is 32.2. The van der Waals surface area contributed by atoms with Crippen molar-refractivity contribution < 1.29 is 14.5 Å². The molecule has 9 heteroatoms. The molecule has 0 saturated heterocycles. The molecular weight excluding hydrogens is 332 g/mol. The summed E-state index contributed by atoms with van der Waals surface area (Å²) >= 11 is 0.973. The Morgan fingerprint density at radius 3 is 2.25 bits per heavy atom. The Morgan fingerprint density at radius 2 is 1.67 bits per heavy atom. The quantitative estimate of drug-likeness (QED) is 0.289. The number of nitriles is 1. The summed E-state index contributed by atoms with van der Waals surface area (Å²) in [6.07, 6.45) is 0. The average Bonchev–Trinajstić information content (AvgIpc) is 2.57. The van der Waals surface area contributed by atoms with Crippen LogP contribution in [0.25, 0.3) is 0 Å². The van der Waals surface area contributed by atoms with Crippen LogP contribution in [0.3, 0.4) is 0 Å². The van der Waals surface area contributed by atoms with Gasteiger partial charge in [0.05, 0.1) is 4.92 Å². The molecule has 0 atom stereocenters. The van der Waals surface area contributed by atoms with E-state index in [2.05, 4.69) is 10.6 Å². The SMILES string of the molecule is N#CSc1ccc(NC(=O)C(=O)Nc2cccc([N+](=O)[O-])c2)cc1. The van der Waals surface area contributed by atoms with E-state index in [4.69, 9.17) is 5.26 Å². The summed E-state index contributed by atoms with van der Waals surface area (Å²) < 4.78 is 0. The van der Waals surface area contributed by atoms with E-state index in [0.717, 1.165) is 17.8 Å². The molecule has 0 aliphatic carbocycles. The van der Waals surface area contributed by atoms with Crippen molar-refractivity contribution in [2.75, 3.05) is 10.6 Å². The summed E-state index contributed by atoms with van der Waals surface area (Å²) in [7, 11) is 0. The summed E-state index contributed by atoms with van der Waals surface area (Å²) in [6.45, 7) is 0. The number of thiocyanates is 1. The minimum absolute atomic E-state index is 0.144. The second-order valence-electron chi connectivity index (χ2n) is 4.43. The first-order chi connectivity index (χ1) is 11.5. The third-order valence-corrected chi connectivity index (χ3v) is 3.40. The number of non-ortho nitro benzene ring substituents is 1. The molecule has 2 rings (SSSR count). The first kappa shape index (κ1) is 17.0. The predicted molar refractivity (Wildman–Crippen MR) is 88.3 cm³/mol. The van der Waals surface area contributed by atoms with E-state index in [1.165, 1.54) is 18.2 Å². The van der Waals surface area contributed by atoms with Crippen molar-refractivity contribution in [1.29, 1.82) is 5.26 Å². The molecule has 8 nitrogen and oxygen atoms in total. The minimum Gasteiger partial charge on any atom is -0.318 e. The van der Waals surface area contributed by atoms with Crippen LogP contribution in [0.2, 0.25) is 0 Å². The van der Waals surface area contributed by atoms with Gasteiger partial charge in [0.1, 0.15) is 5.40 Å². The first-order valence-corrected chi connectivity index (χ1v) is 7.34. The molecule has 0 aliphatic rings. The fourth-order valence-corrected chi connectivity index (χ4v) is 2.11. The number of nitrogens with zero attached hydrogens (tertiary/aromatic N) is 2. The molecule has 2 aromatic rings. The number of nitrogens with one attached hydrogen (secondary N) is 2. The van der Waals surface area contributed by atoms with Gasteiger partial charge < -0.3 is 10.6 Å². The fraction of sp³-hybridized carbons (Fsp3) is 0. The van der Waals surface area contributed by atoms with Crippen LogP contribution in [-0.2, 0) is 9.59 Å². The van der Waals surface area contributed by atoms with Crippen LogP contribution in [0.15, 0.2) is 53.4 Å². The number of amides is 2. The van der Waals surface area contributed by atoms with E-state index >= 15 is 0 Å². The third kappa shape index (κ3) is 4.56. The lowest BCUT2D eigenvalue weighted by Crippen LogP contribution is -2.29. The van der Waals surface area contributed by atoms with Crippen LogP contribution >= 0.6 is 11.8 Å². The van der Waals surface area contributed by atoms with Gasteiger partial charge in [0.15, 0.2) is 0 Å². The van der Waals surface area contributed by atoms with E-state index in [0.29, 0.717) is 10.6 Å². The zero-order valence-electron chi connectivity index (χ0n) is 12.1. The molecule has 0 spiro atoms. The van der Waals surface area contributed by atoms with Crippen LogP contribution in [0.5, 0.6) is 0 Å². The van der Waals surface area contributed by atoms with Crippen molar-refractivity contribution in [3.05, 3.63) is 58.6 Å². The zero-order valence-corrected chi connectivity index (χ0v) is 12.9. The summed E-state index contributed by atoms with van der Waals surface area (Å²) in [4.78, 5) is 34.4. The highest BCUT2D eigenvalue weighted by Gasteiger charge is 2.15. The minimum atomic E-state index is -0.953. The maximum Gasteiger partial charge on any atom is 0.314 e. The molecular formula is C15H10N4O4S. The van der Waals surface area contributed by atoms with Gasteiger partial charge in [-0.25, -0.2) is 0 Å². The topological polar surface area (TPSA) is 125 Å². The first-order valence-electron chi connectivity index (χ1n) is 6.52. The molecule has 0 heterocycles. The molecule has 0 saturated carbocycles. The molecule has 2 amide bonds. The Balaban J connectivity index is 1.99. The number of hydrogen-bond donors (Lipinski definition) is 2. The smallest absolute Gasteiger partial charge is 0.314 e. The van der Waals surface area contributed by atoms with Gasteiger partial charge in [-0.1, -0.05) is 6.07 Å². The second kappa shape index (κ2) is 7.75. The number of rotatable bonds is 4. The van der Waals surface area contributed by atoms with E-state index in [9.17, 15) is 19.7 Å². The Bertz CT molecular complexity index is 830. The zero-order chi connectivity index (χ0) is 17.5. The molecule has 0 aliphatic heterocycles. The highest BCUT2D eigenvalue weighted by molar-refractivity contribution is 8.03. The van der Waals surface area contributed by atoms with Crippen LogP contribution < -0.4 is 10.6 Å². The van der Waals surface area contributed by atoms with E-state index < -0.39 is 16.7 Å². The van der Waals surface area contributed by atoms with Crippen molar-refractivity contribution >= 4 is 40.6 Å². The maximum absolute atomic E-state index is 11.8. The normalized spacial score (nSPS) is 9.62. The largest absolute Gasteiger partial charge is 0.318 e. The van der Waals surface area contributed by atoms with Crippen LogP contribution in [0.4, 0.5) is 17.1 Å². The number of thioether (sulfide) groups is 1. The average molecular weight is 342 g/mol. The van der Waals surface area contributed by atoms with Gasteiger partial charge in [-0.15, -0.1) is 0 Å². The van der Waals surface area contributed by atoms with Gasteiger partial charge in [-0.2, -0.15) is 5.26 Å². The molecule has 0 radical (unpaired) electrons. The summed E-state index contributed by atoms with van der Waals surface area (Å²) in [5, 5.41) is 25.8.